The van der Waals surface area contributed by atoms with Crippen molar-refractivity contribution in [3.8, 4) is 0 Å². The number of nitrogens with one attached hydrogen (secondary N) is 2. The highest BCUT2D eigenvalue weighted by Crippen LogP contribution is 2.14. The van der Waals surface area contributed by atoms with E-state index in [1.54, 1.807) is 0 Å². The van der Waals surface area contributed by atoms with Crippen molar-refractivity contribution in [2.24, 2.45) is 0 Å². The summed E-state index contributed by atoms with van der Waals surface area (Å²) in [6, 6.07) is 18.5. The predicted octanol–water partition coefficient (Wildman–Crippen LogP) is 3.50. The number of carbonyl (C=O) groups is 1. The van der Waals surface area contributed by atoms with E-state index >= 15 is 0 Å². The minimum atomic E-state index is 0.0102. The molecule has 3 aromatic rings. The van der Waals surface area contributed by atoms with Crippen molar-refractivity contribution in [1.82, 2.24) is 20.1 Å². The second-order valence-corrected chi connectivity index (χ2v) is 7.85. The fourth-order valence-corrected chi connectivity index (χ4v) is 3.97. The van der Waals surface area contributed by atoms with Gasteiger partial charge in [-0.05, 0) is 48.5 Å². The number of hydrogen-bond donors (Lipinski definition) is 2. The van der Waals surface area contributed by atoms with Crippen LogP contribution in [0.1, 0.15) is 28.8 Å². The summed E-state index contributed by atoms with van der Waals surface area (Å²) < 4.78 is 0. The monoisotopic (exact) mass is 390 g/mol. The van der Waals surface area contributed by atoms with E-state index < -0.39 is 0 Å². The molecule has 2 heterocycles. The Hall–Kier alpha value is -2.63. The summed E-state index contributed by atoms with van der Waals surface area (Å²) in [6.07, 6.45) is 4.03. The lowest BCUT2D eigenvalue weighted by molar-refractivity contribution is 0.0951. The fraction of sp³-hybridized carbons (Fsp3) is 0.375. The van der Waals surface area contributed by atoms with E-state index in [4.69, 9.17) is 0 Å². The lowest BCUT2D eigenvalue weighted by Gasteiger charge is -2.34. The summed E-state index contributed by atoms with van der Waals surface area (Å²) >= 11 is 0. The summed E-state index contributed by atoms with van der Waals surface area (Å²) in [5.74, 6) is 0.0102. The first-order valence-electron chi connectivity index (χ1n) is 10.6. The minimum Gasteiger partial charge on any atom is -0.361 e. The van der Waals surface area contributed by atoms with Crippen LogP contribution in [0.2, 0.25) is 0 Å². The van der Waals surface area contributed by atoms with Crippen LogP contribution in [-0.2, 0) is 6.54 Å². The van der Waals surface area contributed by atoms with Crippen molar-refractivity contribution in [2.75, 3.05) is 39.3 Å². The van der Waals surface area contributed by atoms with Gasteiger partial charge in [0.2, 0.25) is 0 Å². The van der Waals surface area contributed by atoms with Gasteiger partial charge in [-0.2, -0.15) is 0 Å². The number of piperazine rings is 1. The number of benzene rings is 2. The molecule has 1 fully saturated rings. The lowest BCUT2D eigenvalue weighted by atomic mass is 10.1. The number of nitrogens with zero attached hydrogens (tertiary/aromatic N) is 2. The molecule has 0 spiro atoms. The van der Waals surface area contributed by atoms with Gasteiger partial charge in [0, 0.05) is 56.5 Å². The fourth-order valence-electron chi connectivity index (χ4n) is 3.97. The molecule has 152 valence electrons. The normalized spacial score (nSPS) is 15.6. The summed E-state index contributed by atoms with van der Waals surface area (Å²) in [4.78, 5) is 20.6. The molecule has 2 aromatic carbocycles. The molecule has 0 bridgehead atoms. The second kappa shape index (κ2) is 9.72. The molecule has 29 heavy (non-hydrogen) atoms. The zero-order valence-electron chi connectivity index (χ0n) is 16.9. The molecule has 5 heteroatoms. The first-order chi connectivity index (χ1) is 14.3. The molecule has 0 atom stereocenters. The summed E-state index contributed by atoms with van der Waals surface area (Å²) in [5.41, 5.74) is 3.12. The van der Waals surface area contributed by atoms with Crippen LogP contribution in [0.15, 0.2) is 60.8 Å². The zero-order valence-corrected chi connectivity index (χ0v) is 16.9. The highest BCUT2D eigenvalue weighted by Gasteiger charge is 2.16. The standard InChI is InChI=1S/C24H30N4O/c29-24(22-9-8-21-10-12-25-23(21)18-22)26-11-4-5-13-27-14-16-28(17-15-27)19-20-6-2-1-3-7-20/h1-3,6-10,12,18,25H,4-5,11,13-17,19H2,(H,26,29). The van der Waals surface area contributed by atoms with E-state index in [0.717, 1.165) is 75.1 Å². The van der Waals surface area contributed by atoms with E-state index in [9.17, 15) is 4.79 Å². The minimum absolute atomic E-state index is 0.0102. The van der Waals surface area contributed by atoms with Crippen LogP contribution in [0.5, 0.6) is 0 Å². The first kappa shape index (κ1) is 19.7. The van der Waals surface area contributed by atoms with Gasteiger partial charge in [-0.25, -0.2) is 0 Å². The van der Waals surface area contributed by atoms with E-state index in [2.05, 4.69) is 50.4 Å². The molecule has 1 amide bonds. The van der Waals surface area contributed by atoms with Crippen molar-refractivity contribution in [2.45, 2.75) is 19.4 Å². The second-order valence-electron chi connectivity index (χ2n) is 7.85. The van der Waals surface area contributed by atoms with Crippen molar-refractivity contribution in [1.29, 1.82) is 0 Å². The highest BCUT2D eigenvalue weighted by atomic mass is 16.1. The third-order valence-electron chi connectivity index (χ3n) is 5.72. The zero-order chi connectivity index (χ0) is 19.9. The van der Waals surface area contributed by atoms with Gasteiger partial charge in [0.1, 0.15) is 0 Å². The van der Waals surface area contributed by atoms with Gasteiger partial charge in [0.05, 0.1) is 0 Å². The topological polar surface area (TPSA) is 51.4 Å². The number of fused-ring (bicyclic) bond motifs is 1. The largest absolute Gasteiger partial charge is 0.361 e. The molecule has 1 saturated heterocycles. The van der Waals surface area contributed by atoms with Gasteiger partial charge in [-0.3, -0.25) is 9.69 Å². The highest BCUT2D eigenvalue weighted by molar-refractivity contribution is 5.97. The average molecular weight is 391 g/mol. The molecule has 0 saturated carbocycles. The number of aromatic amines is 1. The molecule has 2 N–H and O–H groups in total. The Morgan fingerprint density at radius 3 is 2.55 bits per heavy atom. The molecule has 5 nitrogen and oxygen atoms in total. The van der Waals surface area contributed by atoms with Gasteiger partial charge >= 0.3 is 0 Å². The van der Waals surface area contributed by atoms with E-state index in [0.29, 0.717) is 0 Å². The number of unbranched alkanes of at least 4 members (excludes halogenated alkanes) is 1. The maximum Gasteiger partial charge on any atom is 0.251 e. The Morgan fingerprint density at radius 1 is 0.931 bits per heavy atom. The molecule has 1 aromatic heterocycles. The SMILES string of the molecule is O=C(NCCCCN1CCN(Cc2ccccc2)CC1)c1ccc2cc[nH]c2c1. The molecular formula is C24H30N4O. The molecule has 0 radical (unpaired) electrons. The van der Waals surface area contributed by atoms with Crippen LogP contribution < -0.4 is 5.32 Å². The van der Waals surface area contributed by atoms with Crippen molar-refractivity contribution < 1.29 is 4.79 Å². The van der Waals surface area contributed by atoms with Gasteiger partial charge in [-0.1, -0.05) is 36.4 Å². The third-order valence-corrected chi connectivity index (χ3v) is 5.72. The summed E-state index contributed by atoms with van der Waals surface area (Å²) in [5, 5.41) is 4.18. The van der Waals surface area contributed by atoms with Crippen molar-refractivity contribution in [3.63, 3.8) is 0 Å². The Bertz CT molecular complexity index is 913. The molecule has 4 rings (SSSR count). The van der Waals surface area contributed by atoms with E-state index in [-0.39, 0.29) is 5.91 Å². The van der Waals surface area contributed by atoms with Crippen LogP contribution in [-0.4, -0.2) is 60.0 Å². The van der Waals surface area contributed by atoms with Crippen molar-refractivity contribution in [3.05, 3.63) is 71.9 Å². The average Bonchev–Trinajstić information content (AvgIpc) is 3.23. The van der Waals surface area contributed by atoms with Crippen molar-refractivity contribution >= 4 is 16.8 Å². The maximum absolute atomic E-state index is 12.3. The van der Waals surface area contributed by atoms with Gasteiger partial charge < -0.3 is 15.2 Å². The quantitative estimate of drug-likeness (QED) is 0.579. The van der Waals surface area contributed by atoms with Gasteiger partial charge in [-0.15, -0.1) is 0 Å². The summed E-state index contributed by atoms with van der Waals surface area (Å²) in [7, 11) is 0. The molecule has 1 aliphatic rings. The molecule has 0 unspecified atom stereocenters. The van der Waals surface area contributed by atoms with E-state index in [1.807, 2.05) is 30.5 Å². The number of rotatable bonds is 8. The summed E-state index contributed by atoms with van der Waals surface area (Å²) in [6.45, 7) is 7.43. The van der Waals surface area contributed by atoms with Crippen LogP contribution in [0.25, 0.3) is 10.9 Å². The van der Waals surface area contributed by atoms with Crippen LogP contribution in [0.3, 0.4) is 0 Å². The van der Waals surface area contributed by atoms with Crippen LogP contribution >= 0.6 is 0 Å². The smallest absolute Gasteiger partial charge is 0.251 e. The number of aromatic nitrogens is 1. The predicted molar refractivity (Wildman–Crippen MR) is 118 cm³/mol. The number of H-pyrrole nitrogens is 1. The Morgan fingerprint density at radius 2 is 1.72 bits per heavy atom. The van der Waals surface area contributed by atoms with Gasteiger partial charge in [0.15, 0.2) is 0 Å². The maximum atomic E-state index is 12.3. The van der Waals surface area contributed by atoms with Gasteiger partial charge in [0.25, 0.3) is 5.91 Å². The Kier molecular flexibility index (Phi) is 6.60. The third kappa shape index (κ3) is 5.46. The van der Waals surface area contributed by atoms with Crippen LogP contribution in [0.4, 0.5) is 0 Å². The number of hydrogen-bond acceptors (Lipinski definition) is 3. The number of carbonyl (C=O) groups excluding carboxylic acids is 1. The number of amides is 1. The Balaban J connectivity index is 1.10. The molecule has 0 aliphatic carbocycles. The lowest BCUT2D eigenvalue weighted by Crippen LogP contribution is -2.46. The first-order valence-corrected chi connectivity index (χ1v) is 10.6. The van der Waals surface area contributed by atoms with E-state index in [1.165, 1.54) is 5.56 Å². The Labute approximate surface area is 172 Å². The van der Waals surface area contributed by atoms with Crippen LogP contribution in [0, 0.1) is 0 Å². The molecule has 1 aliphatic heterocycles. The molecular weight excluding hydrogens is 360 g/mol.